The molecule has 0 bridgehead atoms. The molecule has 6 heteroatoms. The van der Waals surface area contributed by atoms with E-state index in [1.165, 1.54) is 51.0 Å². The molecule has 0 amide bonds. The number of benzene rings is 1. The Labute approximate surface area is 257 Å². The molecule has 1 rings (SSSR count). The number of carbonyl (C=O) groups is 1. The first-order chi connectivity index (χ1) is 20.5. The number of ether oxygens (including phenoxy) is 5. The van der Waals surface area contributed by atoms with Gasteiger partial charge in [-0.1, -0.05) is 105 Å². The zero-order chi connectivity index (χ0) is 30.8. The van der Waals surface area contributed by atoms with E-state index in [0.717, 1.165) is 57.8 Å². The maximum atomic E-state index is 12.5. The minimum Gasteiger partial charge on any atom is -0.493 e. The van der Waals surface area contributed by atoms with Gasteiger partial charge in [0.2, 0.25) is 5.75 Å². The maximum absolute atomic E-state index is 12.5. The number of rotatable bonds is 27. The summed E-state index contributed by atoms with van der Waals surface area (Å²) in [5.41, 5.74) is 0.698. The molecule has 0 radical (unpaired) electrons. The highest BCUT2D eigenvalue weighted by Gasteiger charge is 2.23. The van der Waals surface area contributed by atoms with Crippen molar-refractivity contribution in [1.82, 2.24) is 0 Å². The summed E-state index contributed by atoms with van der Waals surface area (Å²) in [4.78, 5) is 12.5. The molecule has 0 aromatic heterocycles. The lowest BCUT2D eigenvalue weighted by Crippen LogP contribution is -2.10. The van der Waals surface area contributed by atoms with Gasteiger partial charge < -0.3 is 23.7 Å². The number of esters is 1. The molecule has 0 unspecified atom stereocenters. The van der Waals surface area contributed by atoms with Crippen LogP contribution in [-0.4, -0.2) is 38.5 Å². The molecule has 0 fully saturated rings. The van der Waals surface area contributed by atoms with Crippen LogP contribution >= 0.6 is 0 Å². The predicted octanol–water partition coefficient (Wildman–Crippen LogP) is 10.5. The van der Waals surface area contributed by atoms with Crippen LogP contribution in [0.1, 0.15) is 150 Å². The fourth-order valence-electron chi connectivity index (χ4n) is 4.52. The zero-order valence-corrected chi connectivity index (χ0v) is 27.9. The summed E-state index contributed by atoms with van der Waals surface area (Å²) >= 11 is 0. The largest absolute Gasteiger partial charge is 0.493 e. The SMILES string of the molecule is CCCCCCOc1cc(OCCCCCC)c(OCCCCCC)c(OCCCCCC)c1C=CC(=O)OC(C)C. The second-order valence-electron chi connectivity index (χ2n) is 11.4. The Kier molecular flexibility index (Phi) is 22.6. The van der Waals surface area contributed by atoms with Gasteiger partial charge in [-0.3, -0.25) is 0 Å². The van der Waals surface area contributed by atoms with E-state index in [9.17, 15) is 4.79 Å². The van der Waals surface area contributed by atoms with Crippen molar-refractivity contribution in [3.8, 4) is 23.0 Å². The van der Waals surface area contributed by atoms with Crippen LogP contribution in [0.5, 0.6) is 23.0 Å². The standard InChI is InChI=1S/C36H62O6/c1-7-11-15-19-25-38-32-29-33(39-26-20-16-12-8-2)36(41-28-22-18-14-10-4)35(40-27-21-17-13-9-3)31(32)23-24-34(37)42-30(5)6/h23-24,29-30H,7-22,25-28H2,1-6H3. The van der Waals surface area contributed by atoms with Gasteiger partial charge in [0.05, 0.1) is 38.1 Å². The summed E-state index contributed by atoms with van der Waals surface area (Å²) in [5, 5.41) is 0. The molecule has 0 atom stereocenters. The van der Waals surface area contributed by atoms with E-state index in [4.69, 9.17) is 23.7 Å². The molecule has 1 aromatic rings. The van der Waals surface area contributed by atoms with Crippen LogP contribution in [0.15, 0.2) is 12.1 Å². The van der Waals surface area contributed by atoms with Crippen molar-refractivity contribution in [3.05, 3.63) is 17.7 Å². The van der Waals surface area contributed by atoms with Crippen molar-refractivity contribution in [1.29, 1.82) is 0 Å². The van der Waals surface area contributed by atoms with Crippen LogP contribution in [0.25, 0.3) is 6.08 Å². The van der Waals surface area contributed by atoms with E-state index < -0.39 is 5.97 Å². The molecule has 0 saturated carbocycles. The average Bonchev–Trinajstić information content (AvgIpc) is 2.96. The van der Waals surface area contributed by atoms with E-state index in [1.807, 2.05) is 19.9 Å². The van der Waals surface area contributed by atoms with E-state index >= 15 is 0 Å². The third-order valence-electron chi connectivity index (χ3n) is 6.94. The zero-order valence-electron chi connectivity index (χ0n) is 27.9. The highest BCUT2D eigenvalue weighted by atomic mass is 16.5. The van der Waals surface area contributed by atoms with Crippen LogP contribution < -0.4 is 18.9 Å². The van der Waals surface area contributed by atoms with Crippen molar-refractivity contribution in [2.45, 2.75) is 150 Å². The first kappa shape index (κ1) is 37.7. The average molecular weight is 591 g/mol. The quantitative estimate of drug-likeness (QED) is 0.0577. The number of unbranched alkanes of at least 4 members (excludes halogenated alkanes) is 12. The summed E-state index contributed by atoms with van der Waals surface area (Å²) in [7, 11) is 0. The first-order valence-corrected chi connectivity index (χ1v) is 17.1. The molecular formula is C36H62O6. The van der Waals surface area contributed by atoms with Gasteiger partial charge in [0, 0.05) is 12.1 Å². The Bertz CT molecular complexity index is 848. The lowest BCUT2D eigenvalue weighted by Gasteiger charge is -2.22. The Balaban J connectivity index is 3.50. The van der Waals surface area contributed by atoms with Crippen LogP contribution in [0.4, 0.5) is 0 Å². The molecule has 42 heavy (non-hydrogen) atoms. The van der Waals surface area contributed by atoms with Crippen LogP contribution in [0.2, 0.25) is 0 Å². The summed E-state index contributed by atoms with van der Waals surface area (Å²) < 4.78 is 31.0. The molecule has 0 spiro atoms. The molecular weight excluding hydrogens is 528 g/mol. The monoisotopic (exact) mass is 590 g/mol. The Hall–Kier alpha value is -2.37. The number of carbonyl (C=O) groups excluding carboxylic acids is 1. The van der Waals surface area contributed by atoms with Crippen molar-refractivity contribution in [2.24, 2.45) is 0 Å². The highest BCUT2D eigenvalue weighted by molar-refractivity contribution is 5.89. The normalized spacial score (nSPS) is 11.3. The lowest BCUT2D eigenvalue weighted by molar-refractivity contribution is -0.141. The minimum atomic E-state index is -0.397. The fourth-order valence-corrected chi connectivity index (χ4v) is 4.52. The lowest BCUT2D eigenvalue weighted by atomic mass is 10.1. The number of hydrogen-bond acceptors (Lipinski definition) is 6. The third-order valence-corrected chi connectivity index (χ3v) is 6.94. The predicted molar refractivity (Wildman–Crippen MR) is 175 cm³/mol. The summed E-state index contributed by atoms with van der Waals surface area (Å²) in [6, 6.07) is 1.93. The molecule has 0 aliphatic heterocycles. The molecule has 0 heterocycles. The molecule has 0 N–H and O–H groups in total. The van der Waals surface area contributed by atoms with Gasteiger partial charge in [0.1, 0.15) is 5.75 Å². The van der Waals surface area contributed by atoms with Gasteiger partial charge in [-0.15, -0.1) is 0 Å². The summed E-state index contributed by atoms with van der Waals surface area (Å²) in [6.45, 7) is 14.8. The maximum Gasteiger partial charge on any atom is 0.331 e. The minimum absolute atomic E-state index is 0.198. The van der Waals surface area contributed by atoms with Gasteiger partial charge in [0.25, 0.3) is 0 Å². The van der Waals surface area contributed by atoms with Crippen molar-refractivity contribution in [3.63, 3.8) is 0 Å². The van der Waals surface area contributed by atoms with Gasteiger partial charge in [0.15, 0.2) is 11.5 Å². The van der Waals surface area contributed by atoms with E-state index in [1.54, 1.807) is 6.08 Å². The van der Waals surface area contributed by atoms with Gasteiger partial charge in [-0.25, -0.2) is 4.79 Å². The summed E-state index contributed by atoms with van der Waals surface area (Å²) in [6.07, 6.45) is 20.7. The first-order valence-electron chi connectivity index (χ1n) is 17.1. The van der Waals surface area contributed by atoms with Gasteiger partial charge in [-0.2, -0.15) is 0 Å². The molecule has 0 saturated heterocycles. The topological polar surface area (TPSA) is 63.2 Å². The molecule has 242 valence electrons. The van der Waals surface area contributed by atoms with E-state index in [2.05, 4.69) is 27.7 Å². The van der Waals surface area contributed by atoms with Crippen LogP contribution in [0, 0.1) is 0 Å². The Morgan fingerprint density at radius 2 is 1.02 bits per heavy atom. The molecule has 1 aromatic carbocycles. The smallest absolute Gasteiger partial charge is 0.331 e. The molecule has 0 aliphatic carbocycles. The summed E-state index contributed by atoms with van der Waals surface area (Å²) in [5.74, 6) is 2.09. The fraction of sp³-hybridized carbons (Fsp3) is 0.750. The van der Waals surface area contributed by atoms with Gasteiger partial charge in [-0.05, 0) is 45.6 Å². The van der Waals surface area contributed by atoms with Crippen molar-refractivity contribution < 1.29 is 28.5 Å². The second-order valence-corrected chi connectivity index (χ2v) is 11.4. The van der Waals surface area contributed by atoms with Crippen LogP contribution in [0.3, 0.4) is 0 Å². The third kappa shape index (κ3) is 16.9. The van der Waals surface area contributed by atoms with E-state index in [-0.39, 0.29) is 6.10 Å². The molecule has 6 nitrogen and oxygen atoms in total. The van der Waals surface area contributed by atoms with Crippen molar-refractivity contribution in [2.75, 3.05) is 26.4 Å². The van der Waals surface area contributed by atoms with E-state index in [0.29, 0.717) is 55.0 Å². The molecule has 0 aliphatic rings. The Morgan fingerprint density at radius 3 is 1.48 bits per heavy atom. The van der Waals surface area contributed by atoms with Gasteiger partial charge >= 0.3 is 5.97 Å². The van der Waals surface area contributed by atoms with Crippen molar-refractivity contribution >= 4 is 12.0 Å². The Morgan fingerprint density at radius 1 is 0.595 bits per heavy atom. The number of hydrogen-bond donors (Lipinski definition) is 0. The highest BCUT2D eigenvalue weighted by Crippen LogP contribution is 2.47. The second kappa shape index (κ2) is 25.2. The van der Waals surface area contributed by atoms with Crippen LogP contribution in [-0.2, 0) is 9.53 Å².